The van der Waals surface area contributed by atoms with Crippen molar-refractivity contribution in [2.24, 2.45) is 10.4 Å². The number of hydrogen-bond acceptors (Lipinski definition) is 3. The molecule has 0 spiro atoms. The van der Waals surface area contributed by atoms with E-state index in [1.54, 1.807) is 13.1 Å². The van der Waals surface area contributed by atoms with Gasteiger partial charge in [0, 0.05) is 20.1 Å². The molecular weight excluding hydrogens is 324 g/mol. The minimum Gasteiger partial charge on any atom is -0.356 e. The van der Waals surface area contributed by atoms with Crippen molar-refractivity contribution in [3.63, 3.8) is 0 Å². The first kappa shape index (κ1) is 18.6. The maximum atomic E-state index is 11.5. The van der Waals surface area contributed by atoms with Crippen LogP contribution >= 0.6 is 0 Å². The quantitative estimate of drug-likeness (QED) is 0.519. The Bertz CT molecular complexity index is 676. The minimum absolute atomic E-state index is 0.410. The first-order valence-corrected chi connectivity index (χ1v) is 10.3. The van der Waals surface area contributed by atoms with E-state index in [9.17, 15) is 8.42 Å². The molecule has 0 amide bonds. The standard InChI is InChI=1S/C17H28N4O2S/c1-4-17(10-7-11-17)13-20-16(18-2)19-12-14-8-5-6-9-15(14)21-24(3,22)23/h5-6,8-9,21H,4,7,10-13H2,1-3H3,(H2,18,19,20). The highest BCUT2D eigenvalue weighted by molar-refractivity contribution is 7.92. The molecule has 2 rings (SSSR count). The van der Waals surface area contributed by atoms with Gasteiger partial charge in [-0.25, -0.2) is 8.42 Å². The molecule has 0 heterocycles. The second-order valence-electron chi connectivity index (χ2n) is 6.52. The van der Waals surface area contributed by atoms with Crippen LogP contribution in [0.2, 0.25) is 0 Å². The van der Waals surface area contributed by atoms with Crippen LogP contribution < -0.4 is 15.4 Å². The second kappa shape index (κ2) is 7.88. The van der Waals surface area contributed by atoms with E-state index >= 15 is 0 Å². The molecule has 1 aliphatic rings. The van der Waals surface area contributed by atoms with Crippen molar-refractivity contribution >= 4 is 21.7 Å². The molecule has 134 valence electrons. The molecule has 3 N–H and O–H groups in total. The van der Waals surface area contributed by atoms with E-state index in [0.29, 0.717) is 17.6 Å². The first-order chi connectivity index (χ1) is 11.4. The smallest absolute Gasteiger partial charge is 0.229 e. The summed E-state index contributed by atoms with van der Waals surface area (Å²) in [5.74, 6) is 0.740. The van der Waals surface area contributed by atoms with Gasteiger partial charge in [0.05, 0.1) is 11.9 Å². The molecule has 7 heteroatoms. The Morgan fingerprint density at radius 1 is 1.25 bits per heavy atom. The SMILES string of the molecule is CCC1(CNC(=NC)NCc2ccccc2NS(C)(=O)=O)CCC1. The van der Waals surface area contributed by atoms with Crippen LogP contribution in [0.4, 0.5) is 5.69 Å². The fourth-order valence-electron chi connectivity index (χ4n) is 2.98. The number of benzene rings is 1. The van der Waals surface area contributed by atoms with Gasteiger partial charge in [-0.2, -0.15) is 0 Å². The molecule has 0 saturated heterocycles. The number of sulfonamides is 1. The lowest BCUT2D eigenvalue weighted by Crippen LogP contribution is -2.46. The van der Waals surface area contributed by atoms with Crippen LogP contribution in [0.5, 0.6) is 0 Å². The molecule has 1 fully saturated rings. The van der Waals surface area contributed by atoms with Crippen molar-refractivity contribution in [3.05, 3.63) is 29.8 Å². The molecule has 6 nitrogen and oxygen atoms in total. The number of para-hydroxylation sites is 1. The predicted octanol–water partition coefficient (Wildman–Crippen LogP) is 2.30. The summed E-state index contributed by atoms with van der Waals surface area (Å²) in [6.45, 7) is 3.66. The van der Waals surface area contributed by atoms with Crippen LogP contribution in [0.15, 0.2) is 29.3 Å². The Morgan fingerprint density at radius 3 is 2.50 bits per heavy atom. The third-order valence-electron chi connectivity index (χ3n) is 4.78. The summed E-state index contributed by atoms with van der Waals surface area (Å²) in [7, 11) is -1.55. The Hall–Kier alpha value is -1.76. The molecule has 1 aromatic rings. The lowest BCUT2D eigenvalue weighted by molar-refractivity contribution is 0.131. The Morgan fingerprint density at radius 2 is 1.96 bits per heavy atom. The minimum atomic E-state index is -3.30. The van der Waals surface area contributed by atoms with Gasteiger partial charge < -0.3 is 10.6 Å². The van der Waals surface area contributed by atoms with Crippen molar-refractivity contribution < 1.29 is 8.42 Å². The zero-order chi connectivity index (χ0) is 17.6. The zero-order valence-electron chi connectivity index (χ0n) is 14.7. The van der Waals surface area contributed by atoms with Crippen LogP contribution in [0.3, 0.4) is 0 Å². The molecule has 1 aliphatic carbocycles. The van der Waals surface area contributed by atoms with E-state index in [2.05, 4.69) is 27.3 Å². The topological polar surface area (TPSA) is 82.6 Å². The lowest BCUT2D eigenvalue weighted by atomic mass is 9.67. The predicted molar refractivity (Wildman–Crippen MR) is 99.7 cm³/mol. The summed E-state index contributed by atoms with van der Waals surface area (Å²) in [5, 5.41) is 6.66. The highest BCUT2D eigenvalue weighted by atomic mass is 32.2. The number of hydrogen-bond donors (Lipinski definition) is 3. The lowest BCUT2D eigenvalue weighted by Gasteiger charge is -2.41. The molecule has 0 aromatic heterocycles. The molecule has 24 heavy (non-hydrogen) atoms. The van der Waals surface area contributed by atoms with Crippen LogP contribution in [0, 0.1) is 5.41 Å². The number of aliphatic imine (C=N–C) groups is 1. The fraction of sp³-hybridized carbons (Fsp3) is 0.588. The molecule has 0 bridgehead atoms. The molecule has 0 unspecified atom stereocenters. The molecule has 0 aliphatic heterocycles. The van der Waals surface area contributed by atoms with Gasteiger partial charge in [0.25, 0.3) is 0 Å². The Kier molecular flexibility index (Phi) is 6.10. The first-order valence-electron chi connectivity index (χ1n) is 8.38. The molecular formula is C17H28N4O2S. The average molecular weight is 353 g/mol. The molecule has 1 aromatic carbocycles. The molecule has 1 saturated carbocycles. The Labute approximate surface area is 145 Å². The third-order valence-corrected chi connectivity index (χ3v) is 5.37. The third kappa shape index (κ3) is 5.12. The summed E-state index contributed by atoms with van der Waals surface area (Å²) in [6.07, 6.45) is 6.19. The number of rotatable bonds is 7. The second-order valence-corrected chi connectivity index (χ2v) is 8.27. The zero-order valence-corrected chi connectivity index (χ0v) is 15.5. The summed E-state index contributed by atoms with van der Waals surface area (Å²) >= 11 is 0. The van der Waals surface area contributed by atoms with Crippen LogP contribution in [-0.2, 0) is 16.6 Å². The van der Waals surface area contributed by atoms with E-state index in [4.69, 9.17) is 0 Å². The number of anilines is 1. The Balaban J connectivity index is 1.94. The normalized spacial score (nSPS) is 17.0. The van der Waals surface area contributed by atoms with E-state index in [-0.39, 0.29) is 0 Å². The maximum absolute atomic E-state index is 11.5. The van der Waals surface area contributed by atoms with Gasteiger partial charge in [0.2, 0.25) is 10.0 Å². The summed E-state index contributed by atoms with van der Waals surface area (Å²) in [6, 6.07) is 7.36. The maximum Gasteiger partial charge on any atom is 0.229 e. The van der Waals surface area contributed by atoms with Crippen molar-refractivity contribution in [1.82, 2.24) is 10.6 Å². The van der Waals surface area contributed by atoms with E-state index in [1.807, 2.05) is 18.2 Å². The molecule has 0 radical (unpaired) electrons. The highest BCUT2D eigenvalue weighted by Gasteiger charge is 2.34. The number of nitrogens with zero attached hydrogens (tertiary/aromatic N) is 1. The van der Waals surface area contributed by atoms with Gasteiger partial charge in [-0.15, -0.1) is 0 Å². The summed E-state index contributed by atoms with van der Waals surface area (Å²) < 4.78 is 25.5. The van der Waals surface area contributed by atoms with Gasteiger partial charge >= 0.3 is 0 Å². The number of nitrogens with one attached hydrogen (secondary N) is 3. The summed E-state index contributed by atoms with van der Waals surface area (Å²) in [5.41, 5.74) is 1.87. The average Bonchev–Trinajstić information content (AvgIpc) is 2.49. The van der Waals surface area contributed by atoms with Crippen molar-refractivity contribution in [3.8, 4) is 0 Å². The van der Waals surface area contributed by atoms with E-state index in [1.165, 1.54) is 25.7 Å². The van der Waals surface area contributed by atoms with Crippen molar-refractivity contribution in [2.75, 3.05) is 24.6 Å². The largest absolute Gasteiger partial charge is 0.356 e. The fourth-order valence-corrected chi connectivity index (χ4v) is 3.58. The van der Waals surface area contributed by atoms with Crippen molar-refractivity contribution in [1.29, 1.82) is 0 Å². The van der Waals surface area contributed by atoms with Gasteiger partial charge in [-0.05, 0) is 36.3 Å². The highest BCUT2D eigenvalue weighted by Crippen LogP contribution is 2.42. The molecule has 0 atom stereocenters. The monoisotopic (exact) mass is 352 g/mol. The van der Waals surface area contributed by atoms with Crippen LogP contribution in [0.25, 0.3) is 0 Å². The van der Waals surface area contributed by atoms with Gasteiger partial charge in [-0.3, -0.25) is 9.71 Å². The van der Waals surface area contributed by atoms with Gasteiger partial charge in [0.1, 0.15) is 0 Å². The van der Waals surface area contributed by atoms with E-state index in [0.717, 1.165) is 24.3 Å². The van der Waals surface area contributed by atoms with E-state index < -0.39 is 10.0 Å². The van der Waals surface area contributed by atoms with Crippen LogP contribution in [-0.4, -0.2) is 34.2 Å². The van der Waals surface area contributed by atoms with Crippen molar-refractivity contribution in [2.45, 2.75) is 39.2 Å². The van der Waals surface area contributed by atoms with Gasteiger partial charge in [-0.1, -0.05) is 31.5 Å². The van der Waals surface area contributed by atoms with Gasteiger partial charge in [0.15, 0.2) is 5.96 Å². The van der Waals surface area contributed by atoms with Crippen LogP contribution in [0.1, 0.15) is 38.2 Å². The summed E-state index contributed by atoms with van der Waals surface area (Å²) in [4.78, 5) is 4.26. The number of guanidine groups is 1.